The molecule has 2 aromatic carbocycles. The molecule has 0 aliphatic heterocycles. The van der Waals surface area contributed by atoms with Crippen molar-refractivity contribution >= 4 is 34.6 Å². The minimum atomic E-state index is -4.57. The fourth-order valence-electron chi connectivity index (χ4n) is 2.37. The van der Waals surface area contributed by atoms with E-state index in [-0.39, 0.29) is 11.3 Å². The third-order valence-electron chi connectivity index (χ3n) is 3.61. The summed E-state index contributed by atoms with van der Waals surface area (Å²) in [6.07, 6.45) is -1.80. The van der Waals surface area contributed by atoms with Crippen LogP contribution in [0.25, 0.3) is 0 Å². The molecule has 0 radical (unpaired) electrons. The van der Waals surface area contributed by atoms with E-state index in [0.717, 1.165) is 11.8 Å². The number of hydrogen-bond donors (Lipinski definition) is 2. The van der Waals surface area contributed by atoms with Gasteiger partial charge in [-0.25, -0.2) is 0 Å². The molecule has 0 unspecified atom stereocenters. The second-order valence-corrected chi connectivity index (χ2v) is 6.03. The first-order valence-corrected chi connectivity index (χ1v) is 8.16. The summed E-state index contributed by atoms with van der Waals surface area (Å²) >= 11 is 5.83. The predicted molar refractivity (Wildman–Crippen MR) is 98.4 cm³/mol. The highest BCUT2D eigenvalue weighted by atomic mass is 35.5. The van der Waals surface area contributed by atoms with Crippen molar-refractivity contribution in [2.24, 2.45) is 0 Å². The lowest BCUT2D eigenvalue weighted by molar-refractivity contribution is -0.136. The van der Waals surface area contributed by atoms with E-state index in [1.807, 2.05) is 0 Å². The molecule has 0 atom stereocenters. The van der Waals surface area contributed by atoms with Gasteiger partial charge in [0.1, 0.15) is 0 Å². The van der Waals surface area contributed by atoms with Crippen LogP contribution >= 0.6 is 11.6 Å². The molecule has 27 heavy (non-hydrogen) atoms. The number of nitrogens with one attached hydrogen (secondary N) is 2. The summed E-state index contributed by atoms with van der Waals surface area (Å²) in [5, 5.41) is 5.91. The van der Waals surface area contributed by atoms with Crippen LogP contribution in [-0.4, -0.2) is 10.9 Å². The zero-order valence-electron chi connectivity index (χ0n) is 13.7. The topological polar surface area (TPSA) is 54.0 Å². The Kier molecular flexibility index (Phi) is 5.32. The van der Waals surface area contributed by atoms with Crippen LogP contribution in [-0.2, 0) is 6.18 Å². The van der Waals surface area contributed by atoms with Gasteiger partial charge in [0.15, 0.2) is 0 Å². The summed E-state index contributed by atoms with van der Waals surface area (Å²) in [6, 6.07) is 13.2. The molecule has 0 saturated carbocycles. The van der Waals surface area contributed by atoms with Crippen LogP contribution in [0.1, 0.15) is 15.9 Å². The third kappa shape index (κ3) is 4.77. The van der Waals surface area contributed by atoms with Gasteiger partial charge in [-0.2, -0.15) is 13.2 Å². The number of hydrogen-bond acceptors (Lipinski definition) is 3. The van der Waals surface area contributed by atoms with Gasteiger partial charge in [0.2, 0.25) is 0 Å². The Morgan fingerprint density at radius 2 is 1.67 bits per heavy atom. The first-order chi connectivity index (χ1) is 12.8. The van der Waals surface area contributed by atoms with Gasteiger partial charge in [0.05, 0.1) is 28.7 Å². The van der Waals surface area contributed by atoms with Crippen LogP contribution in [0, 0.1) is 0 Å². The minimum Gasteiger partial charge on any atom is -0.354 e. The number of benzene rings is 2. The molecule has 4 nitrogen and oxygen atoms in total. The van der Waals surface area contributed by atoms with Crippen molar-refractivity contribution in [1.29, 1.82) is 0 Å². The maximum atomic E-state index is 13.1. The van der Waals surface area contributed by atoms with Crippen molar-refractivity contribution in [2.75, 3.05) is 10.6 Å². The molecule has 0 saturated heterocycles. The Balaban J connectivity index is 1.79. The Bertz CT molecular complexity index is 959. The summed E-state index contributed by atoms with van der Waals surface area (Å²) in [7, 11) is 0. The van der Waals surface area contributed by atoms with Crippen molar-refractivity contribution in [2.45, 2.75) is 6.18 Å². The van der Waals surface area contributed by atoms with Crippen molar-refractivity contribution in [3.05, 3.63) is 83.1 Å². The minimum absolute atomic E-state index is 0.117. The van der Waals surface area contributed by atoms with Crippen LogP contribution in [0.2, 0.25) is 5.02 Å². The number of carbonyl (C=O) groups excluding carboxylic acids is 1. The van der Waals surface area contributed by atoms with Crippen LogP contribution in [0.4, 0.5) is 30.2 Å². The van der Waals surface area contributed by atoms with E-state index in [1.165, 1.54) is 36.7 Å². The Morgan fingerprint density at radius 1 is 0.963 bits per heavy atom. The fraction of sp³-hybridized carbons (Fsp3) is 0.0526. The molecule has 2 N–H and O–H groups in total. The molecular formula is C19H13ClF3N3O. The maximum absolute atomic E-state index is 13.1. The number of halogens is 4. The number of carbonyl (C=O) groups is 1. The number of pyridine rings is 1. The van der Waals surface area contributed by atoms with Crippen molar-refractivity contribution in [3.63, 3.8) is 0 Å². The van der Waals surface area contributed by atoms with E-state index in [9.17, 15) is 18.0 Å². The van der Waals surface area contributed by atoms with Gasteiger partial charge in [-0.1, -0.05) is 23.7 Å². The van der Waals surface area contributed by atoms with Gasteiger partial charge in [0, 0.05) is 16.9 Å². The molecule has 0 aliphatic carbocycles. The molecule has 1 amide bonds. The molecule has 138 valence electrons. The normalized spacial score (nSPS) is 11.1. The summed E-state index contributed by atoms with van der Waals surface area (Å²) in [5.41, 5.74) is 0.119. The number of amides is 1. The third-order valence-corrected chi connectivity index (χ3v) is 3.87. The Hall–Kier alpha value is -3.06. The Labute approximate surface area is 158 Å². The lowest BCUT2D eigenvalue weighted by Crippen LogP contribution is -2.17. The average molecular weight is 392 g/mol. The number of aromatic nitrogens is 1. The number of alkyl halides is 3. The van der Waals surface area contributed by atoms with E-state index >= 15 is 0 Å². The molecule has 3 rings (SSSR count). The molecule has 0 aliphatic rings. The van der Waals surface area contributed by atoms with Gasteiger partial charge in [-0.15, -0.1) is 0 Å². The summed E-state index contributed by atoms with van der Waals surface area (Å²) in [6.45, 7) is 0. The monoisotopic (exact) mass is 391 g/mol. The van der Waals surface area contributed by atoms with Crippen molar-refractivity contribution in [3.8, 4) is 0 Å². The SMILES string of the molecule is O=C(Nc1ccccc1C(F)(F)F)c1cncc(Nc2ccc(Cl)cc2)c1. The predicted octanol–water partition coefficient (Wildman–Crippen LogP) is 5.75. The van der Waals surface area contributed by atoms with Crippen molar-refractivity contribution < 1.29 is 18.0 Å². The highest BCUT2D eigenvalue weighted by Gasteiger charge is 2.33. The largest absolute Gasteiger partial charge is 0.418 e. The van der Waals surface area contributed by atoms with E-state index in [2.05, 4.69) is 15.6 Å². The quantitative estimate of drug-likeness (QED) is 0.595. The fourth-order valence-corrected chi connectivity index (χ4v) is 2.49. The van der Waals surface area contributed by atoms with Crippen LogP contribution in [0.5, 0.6) is 0 Å². The van der Waals surface area contributed by atoms with Crippen LogP contribution in [0.15, 0.2) is 67.0 Å². The second kappa shape index (κ2) is 7.67. The maximum Gasteiger partial charge on any atom is 0.418 e. The van der Waals surface area contributed by atoms with Gasteiger partial charge >= 0.3 is 6.18 Å². The first-order valence-electron chi connectivity index (χ1n) is 7.78. The van der Waals surface area contributed by atoms with Gasteiger partial charge in [-0.3, -0.25) is 9.78 Å². The standard InChI is InChI=1S/C19H13ClF3N3O/c20-13-5-7-14(8-6-13)25-15-9-12(10-24-11-15)18(27)26-17-4-2-1-3-16(17)19(21,22)23/h1-11,25H,(H,26,27). The van der Waals surface area contributed by atoms with Crippen LogP contribution < -0.4 is 10.6 Å². The van der Waals surface area contributed by atoms with E-state index in [0.29, 0.717) is 10.7 Å². The second-order valence-electron chi connectivity index (χ2n) is 5.59. The van der Waals surface area contributed by atoms with E-state index < -0.39 is 17.6 Å². The lowest BCUT2D eigenvalue weighted by atomic mass is 10.1. The average Bonchev–Trinajstić information content (AvgIpc) is 2.63. The number of para-hydroxylation sites is 1. The molecule has 3 aromatic rings. The van der Waals surface area contributed by atoms with Crippen molar-refractivity contribution in [1.82, 2.24) is 4.98 Å². The van der Waals surface area contributed by atoms with Crippen LogP contribution in [0.3, 0.4) is 0 Å². The molecule has 1 aromatic heterocycles. The molecule has 0 spiro atoms. The highest BCUT2D eigenvalue weighted by molar-refractivity contribution is 6.30. The zero-order valence-corrected chi connectivity index (χ0v) is 14.5. The van der Waals surface area contributed by atoms with E-state index in [4.69, 9.17) is 11.6 Å². The first kappa shape index (κ1) is 18.7. The lowest BCUT2D eigenvalue weighted by Gasteiger charge is -2.14. The molecule has 0 fully saturated rings. The molecule has 8 heteroatoms. The zero-order chi connectivity index (χ0) is 19.4. The van der Waals surface area contributed by atoms with Gasteiger partial charge < -0.3 is 10.6 Å². The molecule has 0 bridgehead atoms. The Morgan fingerprint density at radius 3 is 2.37 bits per heavy atom. The summed E-state index contributed by atoms with van der Waals surface area (Å²) < 4.78 is 39.2. The summed E-state index contributed by atoms with van der Waals surface area (Å²) in [5.74, 6) is -0.695. The number of rotatable bonds is 4. The molecular weight excluding hydrogens is 379 g/mol. The van der Waals surface area contributed by atoms with Gasteiger partial charge in [0.25, 0.3) is 5.91 Å². The number of nitrogens with zero attached hydrogens (tertiary/aromatic N) is 1. The summed E-state index contributed by atoms with van der Waals surface area (Å²) in [4.78, 5) is 16.3. The highest BCUT2D eigenvalue weighted by Crippen LogP contribution is 2.34. The van der Waals surface area contributed by atoms with Gasteiger partial charge in [-0.05, 0) is 42.5 Å². The molecule has 1 heterocycles. The smallest absolute Gasteiger partial charge is 0.354 e. The number of anilines is 3. The van der Waals surface area contributed by atoms with E-state index in [1.54, 1.807) is 24.3 Å².